The third-order valence-electron chi connectivity index (χ3n) is 6.98. The standard InChI is InChI=1S/C35H31N5OS2/c41-40-29(21-23-42-34-36-30(25-13-5-1-6-14-25)31(37-34)26-15-7-2-8-16-26)22-24-43-35-38-32(27-17-9-3-10-18-27)33(39-35)28-19-11-4-12-20-28/h1-20,41H,21-24H2,(H,36,37)(H,38,39). The van der Waals surface area contributed by atoms with Crippen molar-refractivity contribution in [1.29, 1.82) is 0 Å². The molecule has 0 atom stereocenters. The number of hydrogen-bond acceptors (Lipinski definition) is 6. The second-order valence-corrected chi connectivity index (χ2v) is 12.0. The van der Waals surface area contributed by atoms with Gasteiger partial charge in [0.1, 0.15) is 0 Å². The van der Waals surface area contributed by atoms with Gasteiger partial charge in [0.25, 0.3) is 0 Å². The van der Waals surface area contributed by atoms with Gasteiger partial charge < -0.3 is 15.2 Å². The van der Waals surface area contributed by atoms with E-state index in [-0.39, 0.29) is 0 Å². The van der Waals surface area contributed by atoms with Crippen molar-refractivity contribution in [2.75, 3.05) is 11.5 Å². The Morgan fingerprint density at radius 3 is 1.23 bits per heavy atom. The number of aromatic amines is 2. The number of thioether (sulfide) groups is 2. The number of benzene rings is 4. The first-order valence-corrected chi connectivity index (χ1v) is 16.1. The van der Waals surface area contributed by atoms with Crippen molar-refractivity contribution in [3.05, 3.63) is 121 Å². The summed E-state index contributed by atoms with van der Waals surface area (Å²) in [4.78, 5) is 16.9. The number of hydrogen-bond donors (Lipinski definition) is 3. The summed E-state index contributed by atoms with van der Waals surface area (Å²) >= 11 is 3.27. The zero-order valence-corrected chi connectivity index (χ0v) is 25.1. The van der Waals surface area contributed by atoms with Gasteiger partial charge in [-0.2, -0.15) is 0 Å². The van der Waals surface area contributed by atoms with Gasteiger partial charge in [-0.05, 0) is 12.8 Å². The quantitative estimate of drug-likeness (QED) is 0.0563. The number of nitrogens with one attached hydrogen (secondary N) is 2. The predicted molar refractivity (Wildman–Crippen MR) is 179 cm³/mol. The average Bonchev–Trinajstić information content (AvgIpc) is 3.71. The van der Waals surface area contributed by atoms with E-state index in [9.17, 15) is 5.21 Å². The molecule has 6 nitrogen and oxygen atoms in total. The Balaban J connectivity index is 1.08. The van der Waals surface area contributed by atoms with Crippen LogP contribution < -0.4 is 0 Å². The van der Waals surface area contributed by atoms with Crippen LogP contribution in [-0.4, -0.2) is 42.4 Å². The first kappa shape index (κ1) is 28.6. The molecule has 0 bridgehead atoms. The summed E-state index contributed by atoms with van der Waals surface area (Å²) in [5.41, 5.74) is 8.98. The Labute approximate surface area is 259 Å². The fourth-order valence-electron chi connectivity index (χ4n) is 4.83. The summed E-state index contributed by atoms with van der Waals surface area (Å²) in [5.74, 6) is 1.49. The molecule has 3 N–H and O–H groups in total. The highest BCUT2D eigenvalue weighted by Crippen LogP contribution is 2.34. The minimum absolute atomic E-state index is 0.659. The van der Waals surface area contributed by atoms with E-state index >= 15 is 0 Å². The Morgan fingerprint density at radius 1 is 0.535 bits per heavy atom. The van der Waals surface area contributed by atoms with Gasteiger partial charge in [-0.1, -0.05) is 150 Å². The van der Waals surface area contributed by atoms with Crippen molar-refractivity contribution in [2.24, 2.45) is 5.16 Å². The van der Waals surface area contributed by atoms with Crippen molar-refractivity contribution in [3.63, 3.8) is 0 Å². The van der Waals surface area contributed by atoms with Crippen LogP contribution in [0.15, 0.2) is 137 Å². The summed E-state index contributed by atoms with van der Waals surface area (Å²) in [6, 6.07) is 41.0. The van der Waals surface area contributed by atoms with E-state index in [1.54, 1.807) is 23.5 Å². The number of imidazole rings is 2. The molecule has 8 heteroatoms. The SMILES string of the molecule is ON=C(CCSc1nc(-c2ccccc2)c(-c2ccccc2)[nH]1)CCSc1nc(-c2ccccc2)c(-c2ccccc2)[nH]1. The van der Waals surface area contributed by atoms with E-state index in [1.807, 2.05) is 72.8 Å². The van der Waals surface area contributed by atoms with E-state index in [0.717, 1.165) is 72.6 Å². The molecule has 214 valence electrons. The lowest BCUT2D eigenvalue weighted by Gasteiger charge is -2.03. The van der Waals surface area contributed by atoms with Gasteiger partial charge in [0.05, 0.1) is 28.5 Å². The summed E-state index contributed by atoms with van der Waals surface area (Å²) in [6.45, 7) is 0. The lowest BCUT2D eigenvalue weighted by atomic mass is 10.1. The summed E-state index contributed by atoms with van der Waals surface area (Å²) in [7, 11) is 0. The lowest BCUT2D eigenvalue weighted by Crippen LogP contribution is -2.02. The maximum absolute atomic E-state index is 9.73. The molecule has 4 aromatic carbocycles. The molecule has 0 saturated heterocycles. The van der Waals surface area contributed by atoms with Crippen molar-refractivity contribution in [3.8, 4) is 45.0 Å². The van der Waals surface area contributed by atoms with Crippen LogP contribution in [0.5, 0.6) is 0 Å². The van der Waals surface area contributed by atoms with E-state index in [0.29, 0.717) is 12.8 Å². The molecule has 2 aromatic heterocycles. The van der Waals surface area contributed by atoms with Gasteiger partial charge in [0, 0.05) is 33.8 Å². The van der Waals surface area contributed by atoms with Crippen molar-refractivity contribution in [1.82, 2.24) is 19.9 Å². The second kappa shape index (κ2) is 14.1. The maximum atomic E-state index is 9.73. The molecule has 0 saturated carbocycles. The number of rotatable bonds is 12. The van der Waals surface area contributed by atoms with E-state index < -0.39 is 0 Å². The summed E-state index contributed by atoms with van der Waals surface area (Å²) in [6.07, 6.45) is 1.32. The molecule has 6 aromatic rings. The van der Waals surface area contributed by atoms with E-state index in [2.05, 4.69) is 63.7 Å². The van der Waals surface area contributed by atoms with Gasteiger partial charge in [0.15, 0.2) is 10.3 Å². The van der Waals surface area contributed by atoms with Crippen LogP contribution >= 0.6 is 23.5 Å². The molecule has 0 spiro atoms. The topological polar surface area (TPSA) is 89.9 Å². The highest BCUT2D eigenvalue weighted by Gasteiger charge is 2.16. The van der Waals surface area contributed by atoms with Crippen molar-refractivity contribution in [2.45, 2.75) is 23.2 Å². The molecule has 0 aliphatic rings. The fourth-order valence-corrected chi connectivity index (χ4v) is 6.56. The van der Waals surface area contributed by atoms with Gasteiger partial charge >= 0.3 is 0 Å². The first-order valence-electron chi connectivity index (χ1n) is 14.2. The number of oxime groups is 1. The van der Waals surface area contributed by atoms with Crippen LogP contribution in [-0.2, 0) is 0 Å². The molecular weight excluding hydrogens is 571 g/mol. The molecule has 0 unspecified atom stereocenters. The maximum Gasteiger partial charge on any atom is 0.166 e. The lowest BCUT2D eigenvalue weighted by molar-refractivity contribution is 0.316. The Morgan fingerprint density at radius 2 is 0.884 bits per heavy atom. The fraction of sp³-hybridized carbons (Fsp3) is 0.114. The van der Waals surface area contributed by atoms with Crippen molar-refractivity contribution < 1.29 is 5.21 Å². The predicted octanol–water partition coefficient (Wildman–Crippen LogP) is 9.30. The van der Waals surface area contributed by atoms with Gasteiger partial charge in [-0.15, -0.1) is 0 Å². The summed E-state index contributed by atoms with van der Waals surface area (Å²) in [5, 5.41) is 15.0. The van der Waals surface area contributed by atoms with Crippen LogP contribution in [0.3, 0.4) is 0 Å². The van der Waals surface area contributed by atoms with Gasteiger partial charge in [-0.25, -0.2) is 9.97 Å². The summed E-state index contributed by atoms with van der Waals surface area (Å²) < 4.78 is 0. The molecule has 0 aliphatic carbocycles. The molecular formula is C35H31N5OS2. The zero-order valence-electron chi connectivity index (χ0n) is 23.5. The minimum atomic E-state index is 0.659. The second-order valence-electron chi connectivity index (χ2n) is 9.86. The average molecular weight is 602 g/mol. The molecule has 0 radical (unpaired) electrons. The zero-order chi connectivity index (χ0) is 29.3. The smallest absolute Gasteiger partial charge is 0.166 e. The highest BCUT2D eigenvalue weighted by atomic mass is 32.2. The molecule has 6 rings (SSSR count). The molecule has 0 aliphatic heterocycles. The Bertz CT molecular complexity index is 1530. The minimum Gasteiger partial charge on any atom is -0.411 e. The molecule has 2 heterocycles. The van der Waals surface area contributed by atoms with Crippen molar-refractivity contribution >= 4 is 29.2 Å². The van der Waals surface area contributed by atoms with Crippen LogP contribution in [0.4, 0.5) is 0 Å². The van der Waals surface area contributed by atoms with Crippen LogP contribution in [0.1, 0.15) is 12.8 Å². The molecule has 0 amide bonds. The molecule has 43 heavy (non-hydrogen) atoms. The normalized spacial score (nSPS) is 11.0. The van der Waals surface area contributed by atoms with E-state index in [1.165, 1.54) is 0 Å². The molecule has 0 fully saturated rings. The van der Waals surface area contributed by atoms with Crippen LogP contribution in [0.2, 0.25) is 0 Å². The largest absolute Gasteiger partial charge is 0.411 e. The first-order chi connectivity index (χ1) is 21.3. The number of H-pyrrole nitrogens is 2. The number of nitrogens with zero attached hydrogens (tertiary/aromatic N) is 3. The van der Waals surface area contributed by atoms with Crippen LogP contribution in [0.25, 0.3) is 45.0 Å². The third kappa shape index (κ3) is 7.10. The Hall–Kier alpha value is -4.53. The Kier molecular flexibility index (Phi) is 9.37. The highest BCUT2D eigenvalue weighted by molar-refractivity contribution is 7.99. The van der Waals surface area contributed by atoms with E-state index in [4.69, 9.17) is 9.97 Å². The number of aromatic nitrogens is 4. The monoisotopic (exact) mass is 601 g/mol. The third-order valence-corrected chi connectivity index (χ3v) is 8.73. The van der Waals surface area contributed by atoms with Gasteiger partial charge in [-0.3, -0.25) is 0 Å². The van der Waals surface area contributed by atoms with Crippen LogP contribution in [0, 0.1) is 0 Å². The van der Waals surface area contributed by atoms with Gasteiger partial charge in [0.2, 0.25) is 0 Å².